The Hall–Kier alpha value is -1.27. The zero-order valence-electron chi connectivity index (χ0n) is 10.6. The van der Waals surface area contributed by atoms with Gasteiger partial charge in [-0.25, -0.2) is 8.42 Å². The Morgan fingerprint density at radius 2 is 2.10 bits per heavy atom. The number of fused-ring (bicyclic) bond motifs is 1. The van der Waals surface area contributed by atoms with Crippen molar-refractivity contribution < 1.29 is 17.9 Å². The summed E-state index contributed by atoms with van der Waals surface area (Å²) in [5.74, 6) is -0.0376. The first-order valence-electron chi connectivity index (χ1n) is 6.47. The van der Waals surface area contributed by atoms with Gasteiger partial charge in [0.05, 0.1) is 4.90 Å². The molecule has 20 heavy (non-hydrogen) atoms. The van der Waals surface area contributed by atoms with Gasteiger partial charge in [-0.1, -0.05) is 0 Å². The minimum Gasteiger partial charge on any atom is -0.492 e. The van der Waals surface area contributed by atoms with Crippen LogP contribution < -0.4 is 10.1 Å². The molecule has 1 amide bonds. The van der Waals surface area contributed by atoms with Gasteiger partial charge in [-0.05, 0) is 37.5 Å². The van der Waals surface area contributed by atoms with Gasteiger partial charge in [-0.2, -0.15) is 0 Å². The molecule has 1 fully saturated rings. The van der Waals surface area contributed by atoms with E-state index in [9.17, 15) is 13.2 Å². The van der Waals surface area contributed by atoms with Crippen LogP contribution in [0.4, 0.5) is 0 Å². The summed E-state index contributed by atoms with van der Waals surface area (Å²) < 4.78 is 28.2. The highest BCUT2D eigenvalue weighted by Crippen LogP contribution is 2.36. The molecule has 1 atom stereocenters. The van der Waals surface area contributed by atoms with E-state index in [-0.39, 0.29) is 23.5 Å². The van der Waals surface area contributed by atoms with Gasteiger partial charge in [0.1, 0.15) is 18.3 Å². The van der Waals surface area contributed by atoms with E-state index in [1.54, 1.807) is 6.07 Å². The number of nitrogens with one attached hydrogen (secondary N) is 1. The van der Waals surface area contributed by atoms with Crippen LogP contribution >= 0.6 is 10.7 Å². The largest absolute Gasteiger partial charge is 0.492 e. The molecule has 1 aromatic carbocycles. The molecular weight excluding hydrogens is 302 g/mol. The van der Waals surface area contributed by atoms with E-state index >= 15 is 0 Å². The standard InChI is InChI=1S/C13H14ClNO4S/c14-20(17,18)9-4-5-12-10(6-9)11(7-19-12)13(16)15-8-2-1-3-8/h4-6,8,11H,1-3,7H2,(H,15,16). The smallest absolute Gasteiger partial charge is 0.261 e. The van der Waals surface area contributed by atoms with Gasteiger partial charge >= 0.3 is 0 Å². The van der Waals surface area contributed by atoms with Crippen molar-refractivity contribution in [2.24, 2.45) is 0 Å². The van der Waals surface area contributed by atoms with Crippen molar-refractivity contribution in [3.63, 3.8) is 0 Å². The Morgan fingerprint density at radius 3 is 2.70 bits per heavy atom. The number of benzene rings is 1. The third-order valence-electron chi connectivity index (χ3n) is 3.81. The molecule has 2 aliphatic rings. The van der Waals surface area contributed by atoms with E-state index < -0.39 is 15.0 Å². The number of ether oxygens (including phenoxy) is 1. The van der Waals surface area contributed by atoms with E-state index in [1.165, 1.54) is 12.1 Å². The van der Waals surface area contributed by atoms with Crippen molar-refractivity contribution in [1.82, 2.24) is 5.32 Å². The van der Waals surface area contributed by atoms with Crippen molar-refractivity contribution in [1.29, 1.82) is 0 Å². The van der Waals surface area contributed by atoms with Gasteiger partial charge < -0.3 is 10.1 Å². The summed E-state index contributed by atoms with van der Waals surface area (Å²) in [5, 5.41) is 2.96. The highest BCUT2D eigenvalue weighted by Gasteiger charge is 2.33. The SMILES string of the molecule is O=C(NC1CCC1)C1COc2ccc(S(=O)(=O)Cl)cc21. The van der Waals surface area contributed by atoms with Gasteiger partial charge in [0.25, 0.3) is 9.05 Å². The maximum Gasteiger partial charge on any atom is 0.261 e. The van der Waals surface area contributed by atoms with Gasteiger partial charge in [-0.3, -0.25) is 4.79 Å². The number of rotatable bonds is 3. The molecule has 1 saturated carbocycles. The van der Waals surface area contributed by atoms with Crippen LogP contribution in [-0.4, -0.2) is 27.0 Å². The fraction of sp³-hybridized carbons (Fsp3) is 0.462. The summed E-state index contributed by atoms with van der Waals surface area (Å²) in [6, 6.07) is 4.59. The third kappa shape index (κ3) is 2.50. The summed E-state index contributed by atoms with van der Waals surface area (Å²) in [6.07, 6.45) is 3.14. The van der Waals surface area contributed by atoms with E-state index in [1.807, 2.05) is 0 Å². The van der Waals surface area contributed by atoms with Crippen LogP contribution in [0.2, 0.25) is 0 Å². The Balaban J connectivity index is 1.86. The first-order valence-corrected chi connectivity index (χ1v) is 8.78. The van der Waals surface area contributed by atoms with Gasteiger partial charge in [0.2, 0.25) is 5.91 Å². The quantitative estimate of drug-likeness (QED) is 0.863. The summed E-state index contributed by atoms with van der Waals surface area (Å²) in [7, 11) is 1.53. The molecule has 108 valence electrons. The minimum atomic E-state index is -3.81. The van der Waals surface area contributed by atoms with Crippen molar-refractivity contribution in [3.8, 4) is 5.75 Å². The summed E-state index contributed by atoms with van der Waals surface area (Å²) >= 11 is 0. The molecule has 1 N–H and O–H groups in total. The minimum absolute atomic E-state index is 0.00939. The number of carbonyl (C=O) groups is 1. The second-order valence-corrected chi connectivity index (χ2v) is 7.70. The fourth-order valence-corrected chi connectivity index (χ4v) is 3.20. The molecule has 0 radical (unpaired) electrons. The van der Waals surface area contributed by atoms with Gasteiger partial charge in [-0.15, -0.1) is 0 Å². The van der Waals surface area contributed by atoms with Crippen LogP contribution in [0.5, 0.6) is 5.75 Å². The van der Waals surface area contributed by atoms with Crippen molar-refractivity contribution in [2.45, 2.75) is 36.1 Å². The number of amides is 1. The van der Waals surface area contributed by atoms with Crippen LogP contribution in [0.15, 0.2) is 23.1 Å². The predicted molar refractivity (Wildman–Crippen MR) is 73.5 cm³/mol. The molecule has 1 aliphatic heterocycles. The first kappa shape index (κ1) is 13.7. The normalized spacial score (nSPS) is 21.8. The summed E-state index contributed by atoms with van der Waals surface area (Å²) in [5.41, 5.74) is 0.587. The molecule has 1 heterocycles. The lowest BCUT2D eigenvalue weighted by Crippen LogP contribution is -2.42. The number of hydrogen-bond donors (Lipinski definition) is 1. The lowest BCUT2D eigenvalue weighted by atomic mass is 9.92. The van der Waals surface area contributed by atoms with Gasteiger partial charge in [0, 0.05) is 22.3 Å². The van der Waals surface area contributed by atoms with Crippen LogP contribution in [0, 0.1) is 0 Å². The molecule has 7 heteroatoms. The Kier molecular flexibility index (Phi) is 3.38. The predicted octanol–water partition coefficient (Wildman–Crippen LogP) is 1.76. The van der Waals surface area contributed by atoms with Crippen LogP contribution in [-0.2, 0) is 13.8 Å². The second kappa shape index (κ2) is 4.93. The third-order valence-corrected chi connectivity index (χ3v) is 5.16. The lowest BCUT2D eigenvalue weighted by molar-refractivity contribution is -0.124. The first-order chi connectivity index (χ1) is 9.45. The highest BCUT2D eigenvalue weighted by molar-refractivity contribution is 8.13. The molecule has 0 aromatic heterocycles. The molecule has 0 bridgehead atoms. The molecule has 1 unspecified atom stereocenters. The van der Waals surface area contributed by atoms with Crippen LogP contribution in [0.3, 0.4) is 0 Å². The van der Waals surface area contributed by atoms with Crippen molar-refractivity contribution in [2.75, 3.05) is 6.61 Å². The average molecular weight is 316 g/mol. The molecule has 5 nitrogen and oxygen atoms in total. The second-order valence-electron chi connectivity index (χ2n) is 5.14. The molecule has 1 aliphatic carbocycles. The molecule has 0 saturated heterocycles. The molecular formula is C13H14ClNO4S. The van der Waals surface area contributed by atoms with E-state index in [4.69, 9.17) is 15.4 Å². The van der Waals surface area contributed by atoms with Crippen molar-refractivity contribution in [3.05, 3.63) is 23.8 Å². The molecule has 3 rings (SSSR count). The number of carbonyl (C=O) groups excluding carboxylic acids is 1. The Bertz CT molecular complexity index is 654. The summed E-state index contributed by atoms with van der Waals surface area (Å²) in [4.78, 5) is 12.2. The maximum absolute atomic E-state index is 12.2. The van der Waals surface area contributed by atoms with E-state index in [2.05, 4.69) is 5.32 Å². The number of hydrogen-bond acceptors (Lipinski definition) is 4. The topological polar surface area (TPSA) is 72.5 Å². The average Bonchev–Trinajstić information content (AvgIpc) is 2.75. The van der Waals surface area contributed by atoms with E-state index in [0.29, 0.717) is 11.3 Å². The van der Waals surface area contributed by atoms with Crippen molar-refractivity contribution >= 4 is 25.6 Å². The maximum atomic E-state index is 12.2. The summed E-state index contributed by atoms with van der Waals surface area (Å²) in [6.45, 7) is 0.236. The zero-order chi connectivity index (χ0) is 14.3. The van der Waals surface area contributed by atoms with Crippen LogP contribution in [0.1, 0.15) is 30.7 Å². The molecule has 0 spiro atoms. The van der Waals surface area contributed by atoms with Crippen LogP contribution in [0.25, 0.3) is 0 Å². The Morgan fingerprint density at radius 1 is 1.35 bits per heavy atom. The Labute approximate surface area is 121 Å². The fourth-order valence-electron chi connectivity index (χ4n) is 2.42. The monoisotopic (exact) mass is 315 g/mol. The molecule has 1 aromatic rings. The zero-order valence-corrected chi connectivity index (χ0v) is 12.2. The number of halogens is 1. The van der Waals surface area contributed by atoms with E-state index in [0.717, 1.165) is 19.3 Å². The lowest BCUT2D eigenvalue weighted by Gasteiger charge is -2.27. The van der Waals surface area contributed by atoms with Gasteiger partial charge in [0.15, 0.2) is 0 Å². The highest BCUT2D eigenvalue weighted by atomic mass is 35.7.